The number of hydrogen-bond donors (Lipinski definition) is 1. The van der Waals surface area contributed by atoms with Gasteiger partial charge in [0.1, 0.15) is 0 Å². The van der Waals surface area contributed by atoms with Crippen molar-refractivity contribution in [2.75, 3.05) is 0 Å². The van der Waals surface area contributed by atoms with Crippen LogP contribution in [0.4, 0.5) is 0 Å². The van der Waals surface area contributed by atoms with Gasteiger partial charge in [0.2, 0.25) is 0 Å². The number of rotatable bonds is 3. The maximum Gasteiger partial charge on any atom is 0.266 e. The Bertz CT molecular complexity index is 806. The monoisotopic (exact) mass is 387 g/mol. The van der Waals surface area contributed by atoms with Crippen LogP contribution in [-0.2, 0) is 10.0 Å². The fourth-order valence-corrected chi connectivity index (χ4v) is 3.57. The molecule has 0 radical (unpaired) electrons. The summed E-state index contributed by atoms with van der Waals surface area (Å²) in [6, 6.07) is 11.0. The Balaban J connectivity index is 2.35. The van der Waals surface area contributed by atoms with E-state index >= 15 is 0 Å². The molecule has 0 atom stereocenters. The second kappa shape index (κ2) is 6.17. The van der Waals surface area contributed by atoms with Gasteiger partial charge in [0.05, 0.1) is 10.5 Å². The minimum absolute atomic E-state index is 0.0662. The van der Waals surface area contributed by atoms with Gasteiger partial charge < -0.3 is 0 Å². The van der Waals surface area contributed by atoms with Gasteiger partial charge in [-0.15, -0.1) is 0 Å². The van der Waals surface area contributed by atoms with E-state index in [0.29, 0.717) is 15.1 Å². The topological polar surface area (TPSA) is 63.2 Å². The van der Waals surface area contributed by atoms with Crippen LogP contribution in [0, 0.1) is 6.92 Å². The van der Waals surface area contributed by atoms with Crippen LogP contribution in [0.2, 0.25) is 5.02 Å². The van der Waals surface area contributed by atoms with Crippen molar-refractivity contribution < 1.29 is 13.2 Å². The number of carbonyl (C=O) groups is 1. The van der Waals surface area contributed by atoms with Crippen molar-refractivity contribution in [1.82, 2.24) is 4.72 Å². The van der Waals surface area contributed by atoms with Crippen LogP contribution >= 0.6 is 27.5 Å². The zero-order valence-electron chi connectivity index (χ0n) is 10.9. The van der Waals surface area contributed by atoms with Crippen LogP contribution in [0.25, 0.3) is 0 Å². The maximum absolute atomic E-state index is 12.3. The van der Waals surface area contributed by atoms with Gasteiger partial charge in [-0.3, -0.25) is 4.79 Å². The fraction of sp³-hybridized carbons (Fsp3) is 0.0714. The van der Waals surface area contributed by atoms with Crippen molar-refractivity contribution in [2.45, 2.75) is 11.8 Å². The number of nitrogens with one attached hydrogen (secondary N) is 1. The first-order chi connectivity index (χ1) is 9.81. The second-order valence-corrected chi connectivity index (χ2v) is 7.27. The van der Waals surface area contributed by atoms with Crippen LogP contribution in [0.5, 0.6) is 0 Å². The van der Waals surface area contributed by atoms with E-state index in [1.807, 2.05) is 4.72 Å². The second-order valence-electron chi connectivity index (χ2n) is 4.32. The van der Waals surface area contributed by atoms with E-state index in [1.165, 1.54) is 12.1 Å². The number of amides is 1. The quantitative estimate of drug-likeness (QED) is 0.875. The lowest BCUT2D eigenvalue weighted by atomic mass is 10.2. The maximum atomic E-state index is 12.3. The van der Waals surface area contributed by atoms with E-state index in [2.05, 4.69) is 15.9 Å². The number of carbonyl (C=O) groups excluding carboxylic acids is 1. The Hall–Kier alpha value is -1.37. The molecule has 0 spiro atoms. The zero-order valence-corrected chi connectivity index (χ0v) is 14.1. The highest BCUT2D eigenvalue weighted by molar-refractivity contribution is 9.10. The van der Waals surface area contributed by atoms with Gasteiger partial charge in [0.25, 0.3) is 15.9 Å². The first kappa shape index (κ1) is 16.0. The third-order valence-corrected chi connectivity index (χ3v) is 5.20. The molecule has 21 heavy (non-hydrogen) atoms. The van der Waals surface area contributed by atoms with Gasteiger partial charge >= 0.3 is 0 Å². The van der Waals surface area contributed by atoms with Gasteiger partial charge in [0.15, 0.2) is 0 Å². The SMILES string of the molecule is Cc1ccccc1S(=O)(=O)NC(=O)c1cc(Cl)ccc1Br. The van der Waals surface area contributed by atoms with Crippen LogP contribution in [0.1, 0.15) is 15.9 Å². The molecule has 0 aromatic heterocycles. The largest absolute Gasteiger partial charge is 0.268 e. The molecule has 0 bridgehead atoms. The minimum atomic E-state index is -3.93. The fourth-order valence-electron chi connectivity index (χ4n) is 1.76. The predicted molar refractivity (Wildman–Crippen MR) is 85.0 cm³/mol. The van der Waals surface area contributed by atoms with Gasteiger partial charge in [-0.05, 0) is 52.7 Å². The highest BCUT2D eigenvalue weighted by Crippen LogP contribution is 2.22. The molecule has 4 nitrogen and oxygen atoms in total. The molecule has 0 fully saturated rings. The third-order valence-electron chi connectivity index (χ3n) is 2.78. The number of hydrogen-bond acceptors (Lipinski definition) is 3. The lowest BCUT2D eigenvalue weighted by molar-refractivity contribution is 0.0980. The van der Waals surface area contributed by atoms with E-state index in [1.54, 1.807) is 37.3 Å². The van der Waals surface area contributed by atoms with Crippen molar-refractivity contribution in [3.05, 3.63) is 63.1 Å². The smallest absolute Gasteiger partial charge is 0.266 e. The Kier molecular flexibility index (Phi) is 4.70. The van der Waals surface area contributed by atoms with E-state index < -0.39 is 15.9 Å². The molecule has 0 unspecified atom stereocenters. The molecule has 110 valence electrons. The van der Waals surface area contributed by atoms with Crippen molar-refractivity contribution in [3.63, 3.8) is 0 Å². The van der Waals surface area contributed by atoms with Crippen molar-refractivity contribution in [1.29, 1.82) is 0 Å². The van der Waals surface area contributed by atoms with Crippen LogP contribution in [0.3, 0.4) is 0 Å². The lowest BCUT2D eigenvalue weighted by Gasteiger charge is -2.10. The summed E-state index contributed by atoms with van der Waals surface area (Å²) in [5, 5.41) is 0.344. The van der Waals surface area contributed by atoms with Gasteiger partial charge in [-0.25, -0.2) is 13.1 Å². The first-order valence-corrected chi connectivity index (χ1v) is 8.54. The Morgan fingerprint density at radius 1 is 1.19 bits per heavy atom. The Labute approximate surface area is 136 Å². The Morgan fingerprint density at radius 3 is 2.52 bits per heavy atom. The number of aryl methyl sites for hydroxylation is 1. The molecule has 2 aromatic rings. The molecule has 0 aliphatic heterocycles. The standard InChI is InChI=1S/C14H11BrClNO3S/c1-9-4-2-3-5-13(9)21(19,20)17-14(18)11-8-10(16)6-7-12(11)15/h2-8H,1H3,(H,17,18). The molecule has 0 saturated heterocycles. The average Bonchev–Trinajstić information content (AvgIpc) is 2.41. The molecule has 1 amide bonds. The minimum Gasteiger partial charge on any atom is -0.268 e. The van der Waals surface area contributed by atoms with Crippen molar-refractivity contribution in [2.24, 2.45) is 0 Å². The molecule has 0 aliphatic rings. The van der Waals surface area contributed by atoms with Gasteiger partial charge in [0, 0.05) is 9.50 Å². The summed E-state index contributed by atoms with van der Waals surface area (Å²) in [5.41, 5.74) is 0.711. The summed E-state index contributed by atoms with van der Waals surface area (Å²) in [7, 11) is -3.93. The molecule has 1 N–H and O–H groups in total. The van der Waals surface area contributed by atoms with E-state index in [4.69, 9.17) is 11.6 Å². The Morgan fingerprint density at radius 2 is 1.86 bits per heavy atom. The summed E-state index contributed by atoms with van der Waals surface area (Å²) in [6.45, 7) is 1.66. The summed E-state index contributed by atoms with van der Waals surface area (Å²) >= 11 is 9.02. The molecule has 7 heteroatoms. The van der Waals surface area contributed by atoms with E-state index in [-0.39, 0.29) is 10.5 Å². The van der Waals surface area contributed by atoms with Crippen molar-refractivity contribution in [3.8, 4) is 0 Å². The summed E-state index contributed by atoms with van der Waals surface area (Å²) in [6.07, 6.45) is 0. The average molecular weight is 389 g/mol. The normalized spacial score (nSPS) is 11.2. The number of halogens is 2. The van der Waals surface area contributed by atoms with E-state index in [9.17, 15) is 13.2 Å². The summed E-state index contributed by atoms with van der Waals surface area (Å²) in [5.74, 6) is -0.743. The molecule has 2 rings (SSSR count). The molecule has 0 heterocycles. The van der Waals surface area contributed by atoms with Gasteiger partial charge in [-0.1, -0.05) is 29.8 Å². The third kappa shape index (κ3) is 3.64. The van der Waals surface area contributed by atoms with Crippen LogP contribution < -0.4 is 4.72 Å². The van der Waals surface area contributed by atoms with Crippen molar-refractivity contribution >= 4 is 43.5 Å². The summed E-state index contributed by atoms with van der Waals surface area (Å²) < 4.78 is 27.0. The zero-order chi connectivity index (χ0) is 15.6. The highest BCUT2D eigenvalue weighted by Gasteiger charge is 2.21. The molecule has 0 aliphatic carbocycles. The highest BCUT2D eigenvalue weighted by atomic mass is 79.9. The molecular weight excluding hydrogens is 378 g/mol. The molecule has 2 aromatic carbocycles. The lowest BCUT2D eigenvalue weighted by Crippen LogP contribution is -2.31. The van der Waals surface area contributed by atoms with Crippen LogP contribution in [-0.4, -0.2) is 14.3 Å². The predicted octanol–water partition coefficient (Wildman–Crippen LogP) is 3.53. The molecular formula is C14H11BrClNO3S. The van der Waals surface area contributed by atoms with E-state index in [0.717, 1.165) is 0 Å². The number of sulfonamides is 1. The van der Waals surface area contributed by atoms with Gasteiger partial charge in [-0.2, -0.15) is 0 Å². The van der Waals surface area contributed by atoms with Crippen LogP contribution in [0.15, 0.2) is 51.8 Å². The first-order valence-electron chi connectivity index (χ1n) is 5.89. The number of benzene rings is 2. The molecule has 0 saturated carbocycles. The summed E-state index contributed by atoms with van der Waals surface area (Å²) in [4.78, 5) is 12.2.